The van der Waals surface area contributed by atoms with Gasteiger partial charge < -0.3 is 10.5 Å². The van der Waals surface area contributed by atoms with E-state index in [1.807, 2.05) is 66.7 Å². The first-order valence-electron chi connectivity index (χ1n) is 9.46. The number of esters is 1. The van der Waals surface area contributed by atoms with Gasteiger partial charge in [-0.25, -0.2) is 0 Å². The topological polar surface area (TPSA) is 78.1 Å². The quantitative estimate of drug-likeness (QED) is 0.581. The Hall–Kier alpha value is -3.05. The Labute approximate surface area is 165 Å². The number of hydrogen-bond acceptors (Lipinski definition) is 5. The molecule has 3 rings (SSSR count). The van der Waals surface area contributed by atoms with Crippen LogP contribution in [0.15, 0.2) is 79.1 Å². The van der Waals surface area contributed by atoms with Crippen molar-refractivity contribution in [1.29, 1.82) is 0 Å². The average molecular weight is 375 g/mol. The second kappa shape index (κ2) is 9.76. The Morgan fingerprint density at radius 2 is 1.46 bits per heavy atom. The van der Waals surface area contributed by atoms with Crippen molar-refractivity contribution in [2.24, 2.45) is 5.73 Å². The maximum absolute atomic E-state index is 12.9. The first-order chi connectivity index (χ1) is 13.7. The Bertz CT molecular complexity index is 857. The highest BCUT2D eigenvalue weighted by atomic mass is 16.5. The molecule has 144 valence electrons. The fourth-order valence-electron chi connectivity index (χ4n) is 3.06. The SMILES string of the molecule is NC(CCc1ccccn1)(Cc1ccccc1)C(=O)OCCc1ccccn1. The summed E-state index contributed by atoms with van der Waals surface area (Å²) in [7, 11) is 0. The molecule has 28 heavy (non-hydrogen) atoms. The summed E-state index contributed by atoms with van der Waals surface area (Å²) in [6.07, 6.45) is 5.53. The zero-order valence-electron chi connectivity index (χ0n) is 15.8. The van der Waals surface area contributed by atoms with Gasteiger partial charge in [0, 0.05) is 36.6 Å². The van der Waals surface area contributed by atoms with Crippen molar-refractivity contribution in [1.82, 2.24) is 9.97 Å². The standard InChI is InChI=1S/C23H25N3O2/c24-23(18-19-8-2-1-3-9-19,14-12-20-10-4-6-15-25-20)22(27)28-17-13-21-11-5-7-16-26-21/h1-11,15-16H,12-14,17-18,24H2. The van der Waals surface area contributed by atoms with Crippen molar-refractivity contribution in [2.75, 3.05) is 6.61 Å². The van der Waals surface area contributed by atoms with E-state index in [4.69, 9.17) is 10.5 Å². The molecule has 0 bridgehead atoms. The first-order valence-corrected chi connectivity index (χ1v) is 9.46. The van der Waals surface area contributed by atoms with Gasteiger partial charge in [-0.15, -0.1) is 0 Å². The fourth-order valence-corrected chi connectivity index (χ4v) is 3.06. The molecule has 5 heteroatoms. The Balaban J connectivity index is 1.66. The predicted octanol–water partition coefficient (Wildman–Crippen LogP) is 3.14. The Kier molecular flexibility index (Phi) is 6.87. The summed E-state index contributed by atoms with van der Waals surface area (Å²) in [4.78, 5) is 21.5. The van der Waals surface area contributed by atoms with E-state index < -0.39 is 5.54 Å². The van der Waals surface area contributed by atoms with Crippen molar-refractivity contribution in [3.05, 3.63) is 96.1 Å². The summed E-state index contributed by atoms with van der Waals surface area (Å²) in [5, 5.41) is 0. The third-order valence-corrected chi connectivity index (χ3v) is 4.64. The number of rotatable bonds is 9. The lowest BCUT2D eigenvalue weighted by Gasteiger charge is -2.27. The minimum Gasteiger partial charge on any atom is -0.464 e. The second-order valence-corrected chi connectivity index (χ2v) is 6.85. The molecule has 5 nitrogen and oxygen atoms in total. The van der Waals surface area contributed by atoms with Crippen LogP contribution < -0.4 is 5.73 Å². The highest BCUT2D eigenvalue weighted by Gasteiger charge is 2.35. The maximum Gasteiger partial charge on any atom is 0.326 e. The number of aromatic nitrogens is 2. The van der Waals surface area contributed by atoms with Crippen molar-refractivity contribution >= 4 is 5.97 Å². The van der Waals surface area contributed by atoms with E-state index in [0.717, 1.165) is 17.0 Å². The van der Waals surface area contributed by atoms with Crippen LogP contribution in [0.5, 0.6) is 0 Å². The van der Waals surface area contributed by atoms with E-state index in [2.05, 4.69) is 9.97 Å². The molecule has 2 heterocycles. The van der Waals surface area contributed by atoms with Gasteiger partial charge in [-0.1, -0.05) is 42.5 Å². The molecule has 0 aliphatic carbocycles. The zero-order valence-corrected chi connectivity index (χ0v) is 15.8. The van der Waals surface area contributed by atoms with E-state index in [1.165, 1.54) is 0 Å². The molecule has 0 fully saturated rings. The highest BCUT2D eigenvalue weighted by molar-refractivity contribution is 5.81. The Morgan fingerprint density at radius 1 is 0.857 bits per heavy atom. The van der Waals surface area contributed by atoms with Crippen LogP contribution in [0.25, 0.3) is 0 Å². The number of hydrogen-bond donors (Lipinski definition) is 1. The van der Waals surface area contributed by atoms with Gasteiger partial charge in [0.2, 0.25) is 0 Å². The number of nitrogens with two attached hydrogens (primary N) is 1. The molecule has 0 radical (unpaired) electrons. The van der Waals surface area contributed by atoms with E-state index >= 15 is 0 Å². The summed E-state index contributed by atoms with van der Waals surface area (Å²) in [5.41, 5.74) is 8.27. The van der Waals surface area contributed by atoms with E-state index in [1.54, 1.807) is 12.4 Å². The maximum atomic E-state index is 12.9. The van der Waals surface area contributed by atoms with Gasteiger partial charge in [-0.05, 0) is 42.7 Å². The summed E-state index contributed by atoms with van der Waals surface area (Å²) in [5.74, 6) is -0.386. The Morgan fingerprint density at radius 3 is 2.07 bits per heavy atom. The summed E-state index contributed by atoms with van der Waals surface area (Å²) in [6.45, 7) is 0.257. The van der Waals surface area contributed by atoms with Crippen molar-refractivity contribution in [3.63, 3.8) is 0 Å². The third-order valence-electron chi connectivity index (χ3n) is 4.64. The van der Waals surface area contributed by atoms with E-state index in [9.17, 15) is 4.79 Å². The van der Waals surface area contributed by atoms with Crippen LogP contribution in [-0.4, -0.2) is 28.1 Å². The van der Waals surface area contributed by atoms with Crippen molar-refractivity contribution in [2.45, 2.75) is 31.2 Å². The number of pyridine rings is 2. The lowest BCUT2D eigenvalue weighted by Crippen LogP contribution is -2.51. The van der Waals surface area contributed by atoms with Gasteiger partial charge in [-0.3, -0.25) is 14.8 Å². The molecule has 2 N–H and O–H groups in total. The molecule has 2 aromatic heterocycles. The molecule has 0 amide bonds. The molecule has 0 saturated heterocycles. The molecule has 0 aliphatic rings. The van der Waals surface area contributed by atoms with Gasteiger partial charge in [0.15, 0.2) is 0 Å². The molecule has 1 aromatic carbocycles. The molecule has 3 aromatic rings. The van der Waals surface area contributed by atoms with Gasteiger partial charge in [0.05, 0.1) is 6.61 Å². The monoisotopic (exact) mass is 375 g/mol. The number of nitrogens with zero attached hydrogens (tertiary/aromatic N) is 2. The largest absolute Gasteiger partial charge is 0.464 e. The van der Waals surface area contributed by atoms with Crippen molar-refractivity contribution < 1.29 is 9.53 Å². The van der Waals surface area contributed by atoms with Crippen LogP contribution in [0.2, 0.25) is 0 Å². The number of aryl methyl sites for hydroxylation is 1. The zero-order chi connectivity index (χ0) is 19.7. The third kappa shape index (κ3) is 5.72. The average Bonchev–Trinajstić information content (AvgIpc) is 2.74. The van der Waals surface area contributed by atoms with Gasteiger partial charge in [0.1, 0.15) is 5.54 Å². The number of ether oxygens (including phenoxy) is 1. The first kappa shape index (κ1) is 19.7. The molecule has 1 unspecified atom stereocenters. The molecule has 0 spiro atoms. The fraction of sp³-hybridized carbons (Fsp3) is 0.261. The summed E-state index contributed by atoms with van der Waals surface area (Å²) in [6, 6.07) is 21.2. The molecular weight excluding hydrogens is 350 g/mol. The lowest BCUT2D eigenvalue weighted by molar-refractivity contribution is -0.150. The normalized spacial score (nSPS) is 12.9. The number of benzene rings is 1. The molecule has 0 saturated carbocycles. The van der Waals surface area contributed by atoms with Gasteiger partial charge in [-0.2, -0.15) is 0 Å². The van der Waals surface area contributed by atoms with Crippen molar-refractivity contribution in [3.8, 4) is 0 Å². The van der Waals surface area contributed by atoms with Gasteiger partial charge in [0.25, 0.3) is 0 Å². The van der Waals surface area contributed by atoms with Gasteiger partial charge >= 0.3 is 5.97 Å². The predicted molar refractivity (Wildman–Crippen MR) is 109 cm³/mol. The van der Waals surface area contributed by atoms with E-state index in [0.29, 0.717) is 25.7 Å². The van der Waals surface area contributed by atoms with Crippen LogP contribution in [0.4, 0.5) is 0 Å². The number of carbonyl (C=O) groups excluding carboxylic acids is 1. The van der Waals surface area contributed by atoms with Crippen LogP contribution in [0.1, 0.15) is 23.4 Å². The lowest BCUT2D eigenvalue weighted by atomic mass is 9.86. The van der Waals surface area contributed by atoms with E-state index in [-0.39, 0.29) is 12.6 Å². The second-order valence-electron chi connectivity index (χ2n) is 6.85. The van der Waals surface area contributed by atoms with Crippen LogP contribution in [0.3, 0.4) is 0 Å². The van der Waals surface area contributed by atoms with Crippen LogP contribution in [0, 0.1) is 0 Å². The highest BCUT2D eigenvalue weighted by Crippen LogP contribution is 2.19. The summed E-state index contributed by atoms with van der Waals surface area (Å²) < 4.78 is 5.55. The molecule has 1 atom stereocenters. The molecular formula is C23H25N3O2. The number of carbonyl (C=O) groups is 1. The smallest absolute Gasteiger partial charge is 0.326 e. The van der Waals surface area contributed by atoms with Crippen LogP contribution in [-0.2, 0) is 28.8 Å². The molecule has 0 aliphatic heterocycles. The minimum atomic E-state index is -1.11. The summed E-state index contributed by atoms with van der Waals surface area (Å²) >= 11 is 0. The minimum absolute atomic E-state index is 0.257. The van der Waals surface area contributed by atoms with Crippen LogP contribution >= 0.6 is 0 Å².